The number of aliphatic carboxylic acids is 2. The fraction of sp³-hybridized carbons (Fsp3) is 0.429. The van der Waals surface area contributed by atoms with Gasteiger partial charge in [-0.3, -0.25) is 0 Å². The SMILES string of the molecule is O=C(O)COCCOCCOC(C(=O)O)c1ccccc1. The first-order valence-electron chi connectivity index (χ1n) is 6.38. The topological polar surface area (TPSA) is 102 Å². The maximum atomic E-state index is 11.1. The van der Waals surface area contributed by atoms with Crippen molar-refractivity contribution in [3.8, 4) is 0 Å². The quantitative estimate of drug-likeness (QED) is 0.586. The molecule has 0 aliphatic heterocycles. The molecule has 1 aromatic rings. The normalized spacial score (nSPS) is 12.0. The number of ether oxygens (including phenoxy) is 3. The lowest BCUT2D eigenvalue weighted by Crippen LogP contribution is -2.18. The predicted molar refractivity (Wildman–Crippen MR) is 72.0 cm³/mol. The molecule has 1 rings (SSSR count). The standard InChI is InChI=1S/C14H18O7/c15-12(16)10-20-7-6-19-8-9-21-13(14(17)18)11-4-2-1-3-5-11/h1-5,13H,6-10H2,(H,15,16)(H,17,18). The Hall–Kier alpha value is -1.96. The first-order valence-corrected chi connectivity index (χ1v) is 6.38. The van der Waals surface area contributed by atoms with Crippen LogP contribution in [0.3, 0.4) is 0 Å². The molecule has 0 aliphatic carbocycles. The molecule has 1 aromatic carbocycles. The van der Waals surface area contributed by atoms with E-state index in [4.69, 9.17) is 24.4 Å². The van der Waals surface area contributed by atoms with Crippen LogP contribution in [0.15, 0.2) is 30.3 Å². The first-order chi connectivity index (χ1) is 10.1. The van der Waals surface area contributed by atoms with Gasteiger partial charge in [0.15, 0.2) is 6.10 Å². The lowest BCUT2D eigenvalue weighted by atomic mass is 10.1. The van der Waals surface area contributed by atoms with Gasteiger partial charge in [0.25, 0.3) is 0 Å². The van der Waals surface area contributed by atoms with E-state index in [2.05, 4.69) is 0 Å². The summed E-state index contributed by atoms with van der Waals surface area (Å²) < 4.78 is 15.2. The van der Waals surface area contributed by atoms with Gasteiger partial charge in [-0.1, -0.05) is 30.3 Å². The zero-order valence-electron chi connectivity index (χ0n) is 11.4. The third-order valence-corrected chi connectivity index (χ3v) is 2.44. The highest BCUT2D eigenvalue weighted by atomic mass is 16.6. The number of carbonyl (C=O) groups is 2. The molecule has 1 atom stereocenters. The van der Waals surface area contributed by atoms with Gasteiger partial charge in [-0.25, -0.2) is 9.59 Å². The van der Waals surface area contributed by atoms with E-state index in [1.807, 2.05) is 0 Å². The van der Waals surface area contributed by atoms with Gasteiger partial charge in [0.1, 0.15) is 6.61 Å². The molecular formula is C14H18O7. The second-order valence-electron chi connectivity index (χ2n) is 4.06. The minimum absolute atomic E-state index is 0.116. The summed E-state index contributed by atoms with van der Waals surface area (Å²) in [5, 5.41) is 17.4. The van der Waals surface area contributed by atoms with E-state index in [0.29, 0.717) is 5.56 Å². The van der Waals surface area contributed by atoms with Gasteiger partial charge >= 0.3 is 11.9 Å². The van der Waals surface area contributed by atoms with Gasteiger partial charge in [0.05, 0.1) is 26.4 Å². The van der Waals surface area contributed by atoms with Gasteiger partial charge in [0.2, 0.25) is 0 Å². The van der Waals surface area contributed by atoms with Crippen LogP contribution >= 0.6 is 0 Å². The van der Waals surface area contributed by atoms with Crippen molar-refractivity contribution in [1.82, 2.24) is 0 Å². The molecule has 0 saturated heterocycles. The maximum absolute atomic E-state index is 11.1. The molecule has 21 heavy (non-hydrogen) atoms. The van der Waals surface area contributed by atoms with Gasteiger partial charge in [-0.15, -0.1) is 0 Å². The van der Waals surface area contributed by atoms with Gasteiger partial charge < -0.3 is 24.4 Å². The summed E-state index contributed by atoms with van der Waals surface area (Å²) >= 11 is 0. The average Bonchev–Trinajstić information content (AvgIpc) is 2.46. The highest BCUT2D eigenvalue weighted by Gasteiger charge is 2.19. The van der Waals surface area contributed by atoms with Crippen LogP contribution in [0.2, 0.25) is 0 Å². The fourth-order valence-electron chi connectivity index (χ4n) is 1.54. The molecule has 0 radical (unpaired) electrons. The van der Waals surface area contributed by atoms with Gasteiger partial charge in [0, 0.05) is 0 Å². The summed E-state index contributed by atoms with van der Waals surface area (Å²) in [7, 11) is 0. The lowest BCUT2D eigenvalue weighted by molar-refractivity contribution is -0.152. The Bertz CT molecular complexity index is 432. The first kappa shape index (κ1) is 17.1. The van der Waals surface area contributed by atoms with Crippen LogP contribution in [0.1, 0.15) is 11.7 Å². The van der Waals surface area contributed by atoms with Crippen molar-refractivity contribution in [3.63, 3.8) is 0 Å². The Labute approximate surface area is 122 Å². The van der Waals surface area contributed by atoms with E-state index < -0.39 is 18.0 Å². The molecule has 7 nitrogen and oxygen atoms in total. The van der Waals surface area contributed by atoms with E-state index in [0.717, 1.165) is 0 Å². The molecule has 0 saturated carbocycles. The Morgan fingerprint density at radius 3 is 2.19 bits per heavy atom. The fourth-order valence-corrected chi connectivity index (χ4v) is 1.54. The van der Waals surface area contributed by atoms with Crippen LogP contribution in [-0.2, 0) is 23.8 Å². The minimum atomic E-state index is -1.06. The van der Waals surface area contributed by atoms with Crippen LogP contribution in [0.5, 0.6) is 0 Å². The molecule has 2 N–H and O–H groups in total. The predicted octanol–water partition coefficient (Wildman–Crippen LogP) is 0.947. The molecular weight excluding hydrogens is 280 g/mol. The van der Waals surface area contributed by atoms with Crippen LogP contribution in [-0.4, -0.2) is 55.2 Å². The van der Waals surface area contributed by atoms with Crippen molar-refractivity contribution in [2.75, 3.05) is 33.0 Å². The molecule has 0 bridgehead atoms. The van der Waals surface area contributed by atoms with Gasteiger partial charge in [-0.05, 0) is 5.56 Å². The minimum Gasteiger partial charge on any atom is -0.480 e. The number of rotatable bonds is 11. The van der Waals surface area contributed by atoms with Crippen LogP contribution < -0.4 is 0 Å². The van der Waals surface area contributed by atoms with Gasteiger partial charge in [-0.2, -0.15) is 0 Å². The Morgan fingerprint density at radius 1 is 0.952 bits per heavy atom. The largest absolute Gasteiger partial charge is 0.480 e. The smallest absolute Gasteiger partial charge is 0.337 e. The second kappa shape index (κ2) is 9.87. The van der Waals surface area contributed by atoms with Crippen molar-refractivity contribution in [1.29, 1.82) is 0 Å². The van der Waals surface area contributed by atoms with Crippen molar-refractivity contribution in [2.24, 2.45) is 0 Å². The highest BCUT2D eigenvalue weighted by Crippen LogP contribution is 2.16. The van der Waals surface area contributed by atoms with E-state index in [-0.39, 0.29) is 33.0 Å². The molecule has 0 amide bonds. The molecule has 0 aromatic heterocycles. The Kier molecular flexibility index (Phi) is 8.03. The molecule has 0 spiro atoms. The summed E-state index contributed by atoms with van der Waals surface area (Å²) in [6, 6.07) is 8.64. The monoisotopic (exact) mass is 298 g/mol. The van der Waals surface area contributed by atoms with Crippen LogP contribution in [0.25, 0.3) is 0 Å². The summed E-state index contributed by atoms with van der Waals surface area (Å²) in [6.07, 6.45) is -1.03. The number of benzene rings is 1. The number of carboxylic acid groups (broad SMARTS) is 2. The van der Waals surface area contributed by atoms with Crippen molar-refractivity contribution >= 4 is 11.9 Å². The van der Waals surface area contributed by atoms with Crippen molar-refractivity contribution in [2.45, 2.75) is 6.10 Å². The zero-order chi connectivity index (χ0) is 15.5. The van der Waals surface area contributed by atoms with Crippen LogP contribution in [0.4, 0.5) is 0 Å². The maximum Gasteiger partial charge on any atom is 0.337 e. The third kappa shape index (κ3) is 7.40. The molecule has 0 heterocycles. The number of hydrogen-bond donors (Lipinski definition) is 2. The molecule has 116 valence electrons. The lowest BCUT2D eigenvalue weighted by Gasteiger charge is -2.14. The molecule has 0 fully saturated rings. The highest BCUT2D eigenvalue weighted by molar-refractivity contribution is 5.74. The third-order valence-electron chi connectivity index (χ3n) is 2.44. The molecule has 1 unspecified atom stereocenters. The summed E-state index contributed by atoms with van der Waals surface area (Å²) in [4.78, 5) is 21.3. The van der Waals surface area contributed by atoms with Crippen molar-refractivity contribution < 1.29 is 34.0 Å². The van der Waals surface area contributed by atoms with E-state index in [1.165, 1.54) is 0 Å². The van der Waals surface area contributed by atoms with E-state index in [1.54, 1.807) is 30.3 Å². The summed E-state index contributed by atoms with van der Waals surface area (Å²) in [6.45, 7) is 0.333. The molecule has 7 heteroatoms. The number of carboxylic acids is 2. The summed E-state index contributed by atoms with van der Waals surface area (Å²) in [5.41, 5.74) is 0.565. The second-order valence-corrected chi connectivity index (χ2v) is 4.06. The van der Waals surface area contributed by atoms with E-state index in [9.17, 15) is 9.59 Å². The Balaban J connectivity index is 2.18. The van der Waals surface area contributed by atoms with Crippen LogP contribution in [0, 0.1) is 0 Å². The van der Waals surface area contributed by atoms with E-state index >= 15 is 0 Å². The number of hydrogen-bond acceptors (Lipinski definition) is 5. The average molecular weight is 298 g/mol. The van der Waals surface area contributed by atoms with Crippen molar-refractivity contribution in [3.05, 3.63) is 35.9 Å². The molecule has 0 aliphatic rings. The summed E-state index contributed by atoms with van der Waals surface area (Å²) in [5.74, 6) is -2.10. The Morgan fingerprint density at radius 2 is 1.57 bits per heavy atom. The zero-order valence-corrected chi connectivity index (χ0v) is 11.4.